The lowest BCUT2D eigenvalue weighted by Gasteiger charge is -2.03. The van der Waals surface area contributed by atoms with Gasteiger partial charge in [-0.1, -0.05) is 35.5 Å². The number of aryl methyl sites for hydroxylation is 2. The van der Waals surface area contributed by atoms with Gasteiger partial charge in [-0.3, -0.25) is 4.98 Å². The fraction of sp³-hybridized carbons (Fsp3) is 0.158. The molecule has 4 rings (SSSR count). The smallest absolute Gasteiger partial charge is 0.141 e. The summed E-state index contributed by atoms with van der Waals surface area (Å²) in [6.07, 6.45) is 5.05. The van der Waals surface area contributed by atoms with Crippen molar-refractivity contribution in [2.24, 2.45) is 0 Å². The fourth-order valence-electron chi connectivity index (χ4n) is 3.07. The molecule has 2 heterocycles. The molecule has 108 valence electrons. The highest BCUT2D eigenvalue weighted by Crippen LogP contribution is 2.34. The van der Waals surface area contributed by atoms with Crippen LogP contribution in [0.25, 0.3) is 22.8 Å². The molecule has 0 radical (unpaired) electrons. The van der Waals surface area contributed by atoms with E-state index in [0.717, 1.165) is 34.7 Å². The van der Waals surface area contributed by atoms with E-state index in [1.807, 2.05) is 26.1 Å². The summed E-state index contributed by atoms with van der Waals surface area (Å²) in [6.45, 7) is 3.90. The number of fused-ring (bicyclic) bond motifs is 1. The zero-order valence-electron chi connectivity index (χ0n) is 12.6. The van der Waals surface area contributed by atoms with E-state index in [-0.39, 0.29) is 0 Å². The van der Waals surface area contributed by atoms with Crippen LogP contribution in [0, 0.1) is 13.8 Å². The van der Waals surface area contributed by atoms with Gasteiger partial charge >= 0.3 is 0 Å². The standard InChI is InChI=1S/C19H16N2O/c1-12-19(13(2)22-21-12)17-9-16-8-15(10-18(16)20-11-17)14-6-4-3-5-7-14/h3-9,11H,10H2,1-2H3. The predicted octanol–water partition coefficient (Wildman–Crippen LogP) is 4.45. The molecule has 0 aliphatic heterocycles. The van der Waals surface area contributed by atoms with Gasteiger partial charge in [-0.2, -0.15) is 0 Å². The Kier molecular flexibility index (Phi) is 2.93. The quantitative estimate of drug-likeness (QED) is 0.699. The van der Waals surface area contributed by atoms with Gasteiger partial charge in [0.25, 0.3) is 0 Å². The van der Waals surface area contributed by atoms with Crippen LogP contribution in [-0.4, -0.2) is 10.1 Å². The van der Waals surface area contributed by atoms with E-state index in [0.29, 0.717) is 0 Å². The van der Waals surface area contributed by atoms with Crippen molar-refractivity contribution in [3.63, 3.8) is 0 Å². The van der Waals surface area contributed by atoms with E-state index in [9.17, 15) is 0 Å². The first-order valence-corrected chi connectivity index (χ1v) is 7.40. The maximum atomic E-state index is 5.27. The third kappa shape index (κ3) is 2.06. The third-order valence-corrected chi connectivity index (χ3v) is 4.16. The van der Waals surface area contributed by atoms with E-state index >= 15 is 0 Å². The Morgan fingerprint density at radius 3 is 2.59 bits per heavy atom. The Hall–Kier alpha value is -2.68. The Morgan fingerprint density at radius 2 is 1.86 bits per heavy atom. The van der Waals surface area contributed by atoms with E-state index in [2.05, 4.69) is 46.5 Å². The van der Waals surface area contributed by atoms with Gasteiger partial charge in [0.05, 0.1) is 11.4 Å². The minimum Gasteiger partial charge on any atom is -0.361 e. The van der Waals surface area contributed by atoms with E-state index < -0.39 is 0 Å². The molecule has 2 aromatic heterocycles. The highest BCUT2D eigenvalue weighted by molar-refractivity contribution is 5.89. The van der Waals surface area contributed by atoms with Crippen LogP contribution < -0.4 is 0 Å². The molecule has 0 amide bonds. The molecule has 0 saturated heterocycles. The molecule has 1 aliphatic rings. The largest absolute Gasteiger partial charge is 0.361 e. The molecule has 3 nitrogen and oxygen atoms in total. The van der Waals surface area contributed by atoms with Crippen LogP contribution in [0.4, 0.5) is 0 Å². The van der Waals surface area contributed by atoms with Crippen molar-refractivity contribution in [3.05, 3.63) is 70.9 Å². The summed E-state index contributed by atoms with van der Waals surface area (Å²) in [5.41, 5.74) is 7.94. The van der Waals surface area contributed by atoms with E-state index in [1.54, 1.807) is 0 Å². The zero-order valence-corrected chi connectivity index (χ0v) is 12.6. The fourth-order valence-corrected chi connectivity index (χ4v) is 3.07. The highest BCUT2D eigenvalue weighted by Gasteiger charge is 2.18. The first-order valence-electron chi connectivity index (χ1n) is 7.40. The monoisotopic (exact) mass is 288 g/mol. The van der Waals surface area contributed by atoms with Crippen molar-refractivity contribution in [3.8, 4) is 11.1 Å². The summed E-state index contributed by atoms with van der Waals surface area (Å²) >= 11 is 0. The molecule has 0 fully saturated rings. The van der Waals surface area contributed by atoms with Crippen molar-refractivity contribution in [2.75, 3.05) is 0 Å². The molecule has 0 N–H and O–H groups in total. The molecule has 0 spiro atoms. The molecule has 22 heavy (non-hydrogen) atoms. The summed E-state index contributed by atoms with van der Waals surface area (Å²) in [5, 5.41) is 4.03. The molecule has 0 saturated carbocycles. The first kappa shape index (κ1) is 13.0. The summed E-state index contributed by atoms with van der Waals surface area (Å²) in [7, 11) is 0. The van der Waals surface area contributed by atoms with Crippen molar-refractivity contribution in [1.29, 1.82) is 0 Å². The number of pyridine rings is 1. The molecule has 1 aromatic carbocycles. The van der Waals surface area contributed by atoms with Gasteiger partial charge in [0, 0.05) is 23.7 Å². The molecular formula is C19H16N2O. The lowest BCUT2D eigenvalue weighted by atomic mass is 10.0. The molecule has 3 aromatic rings. The average Bonchev–Trinajstić information content (AvgIpc) is 3.11. The minimum absolute atomic E-state index is 0.838. The molecule has 3 heteroatoms. The molecule has 0 atom stereocenters. The summed E-state index contributed by atoms with van der Waals surface area (Å²) < 4.78 is 5.27. The second-order valence-corrected chi connectivity index (χ2v) is 5.67. The maximum absolute atomic E-state index is 5.27. The number of allylic oxidation sites excluding steroid dienone is 1. The number of hydrogen-bond acceptors (Lipinski definition) is 3. The Bertz CT molecular complexity index is 856. The number of rotatable bonds is 2. The molecule has 0 bridgehead atoms. The van der Waals surface area contributed by atoms with Crippen molar-refractivity contribution >= 4 is 11.6 Å². The lowest BCUT2D eigenvalue weighted by Crippen LogP contribution is -1.91. The number of nitrogens with zero attached hydrogens (tertiary/aromatic N) is 2. The Labute approximate surface area is 129 Å². The van der Waals surface area contributed by atoms with Crippen LogP contribution >= 0.6 is 0 Å². The highest BCUT2D eigenvalue weighted by atomic mass is 16.5. The van der Waals surface area contributed by atoms with Crippen molar-refractivity contribution in [2.45, 2.75) is 20.3 Å². The van der Waals surface area contributed by atoms with Gasteiger partial charge in [-0.05, 0) is 42.7 Å². The number of hydrogen-bond donors (Lipinski definition) is 0. The number of benzene rings is 1. The molecule has 0 unspecified atom stereocenters. The van der Waals surface area contributed by atoms with Crippen LogP contribution in [0.3, 0.4) is 0 Å². The van der Waals surface area contributed by atoms with Crippen molar-refractivity contribution < 1.29 is 4.52 Å². The maximum Gasteiger partial charge on any atom is 0.141 e. The van der Waals surface area contributed by atoms with Gasteiger partial charge in [-0.15, -0.1) is 0 Å². The van der Waals surface area contributed by atoms with Crippen LogP contribution in [0.1, 0.15) is 28.3 Å². The lowest BCUT2D eigenvalue weighted by molar-refractivity contribution is 0.393. The molecule has 1 aliphatic carbocycles. The zero-order chi connectivity index (χ0) is 15.1. The van der Waals surface area contributed by atoms with Gasteiger partial charge in [0.15, 0.2) is 0 Å². The van der Waals surface area contributed by atoms with Crippen molar-refractivity contribution in [1.82, 2.24) is 10.1 Å². The SMILES string of the molecule is Cc1noc(C)c1-c1cnc2c(c1)C=C(c1ccccc1)C2. The average molecular weight is 288 g/mol. The topological polar surface area (TPSA) is 38.9 Å². The summed E-state index contributed by atoms with van der Waals surface area (Å²) in [5.74, 6) is 0.838. The first-order chi connectivity index (χ1) is 10.7. The second-order valence-electron chi connectivity index (χ2n) is 5.67. The predicted molar refractivity (Wildman–Crippen MR) is 87.2 cm³/mol. The van der Waals surface area contributed by atoms with E-state index in [4.69, 9.17) is 4.52 Å². The summed E-state index contributed by atoms with van der Waals surface area (Å²) in [4.78, 5) is 4.65. The Balaban J connectivity index is 1.77. The van der Waals surface area contributed by atoms with Crippen LogP contribution in [0.5, 0.6) is 0 Å². The van der Waals surface area contributed by atoms with Gasteiger partial charge < -0.3 is 4.52 Å². The number of aromatic nitrogens is 2. The van der Waals surface area contributed by atoms with E-state index in [1.165, 1.54) is 16.7 Å². The molecular weight excluding hydrogens is 272 g/mol. The Morgan fingerprint density at radius 1 is 1.05 bits per heavy atom. The minimum atomic E-state index is 0.838. The normalized spacial score (nSPS) is 13.1. The third-order valence-electron chi connectivity index (χ3n) is 4.16. The summed E-state index contributed by atoms with van der Waals surface area (Å²) in [6, 6.07) is 12.7. The van der Waals surface area contributed by atoms with Crippen LogP contribution in [0.15, 0.2) is 47.1 Å². The van der Waals surface area contributed by atoms with Gasteiger partial charge in [0.2, 0.25) is 0 Å². The van der Waals surface area contributed by atoms with Gasteiger partial charge in [0.1, 0.15) is 5.76 Å². The van der Waals surface area contributed by atoms with Gasteiger partial charge in [-0.25, -0.2) is 0 Å². The van der Waals surface area contributed by atoms with Crippen LogP contribution in [-0.2, 0) is 6.42 Å². The second kappa shape index (κ2) is 4.95. The van der Waals surface area contributed by atoms with Crippen LogP contribution in [0.2, 0.25) is 0 Å².